The summed E-state index contributed by atoms with van der Waals surface area (Å²) >= 11 is 0. The summed E-state index contributed by atoms with van der Waals surface area (Å²) in [6.45, 7) is 10.7. The molecule has 36 heavy (non-hydrogen) atoms. The number of hydrogen-bond donors (Lipinski definition) is 1. The highest BCUT2D eigenvalue weighted by Crippen LogP contribution is 2.43. The van der Waals surface area contributed by atoms with Gasteiger partial charge < -0.3 is 10.1 Å². The van der Waals surface area contributed by atoms with Gasteiger partial charge >= 0.3 is 0 Å². The molecule has 2 fully saturated rings. The molecule has 1 unspecified atom stereocenters. The quantitative estimate of drug-likeness (QED) is 0.411. The Kier molecular flexibility index (Phi) is 8.72. The second-order valence-corrected chi connectivity index (χ2v) is 12.3. The fraction of sp³-hybridized carbons (Fsp3) is 0.677. The number of hydrogen-bond acceptors (Lipinski definition) is 4. The number of methoxy groups -OCH3 is 1. The number of carbonyl (C=O) groups excluding carboxylic acids is 2. The van der Waals surface area contributed by atoms with E-state index in [9.17, 15) is 9.59 Å². The van der Waals surface area contributed by atoms with Crippen molar-refractivity contribution in [3.63, 3.8) is 0 Å². The first-order valence-electron chi connectivity index (χ1n) is 14.1. The topological polar surface area (TPSA) is 58.6 Å². The zero-order chi connectivity index (χ0) is 25.9. The molecule has 1 aromatic rings. The van der Waals surface area contributed by atoms with Crippen LogP contribution in [-0.4, -0.2) is 55.5 Å². The molecule has 0 spiro atoms. The van der Waals surface area contributed by atoms with Crippen molar-refractivity contribution in [2.75, 3.05) is 26.8 Å². The van der Waals surface area contributed by atoms with E-state index in [1.807, 2.05) is 0 Å². The van der Waals surface area contributed by atoms with E-state index in [2.05, 4.69) is 68.3 Å². The Morgan fingerprint density at radius 3 is 2.53 bits per heavy atom. The van der Waals surface area contributed by atoms with E-state index in [0.29, 0.717) is 49.3 Å². The minimum absolute atomic E-state index is 0.0516. The van der Waals surface area contributed by atoms with Crippen molar-refractivity contribution in [3.8, 4) is 0 Å². The van der Waals surface area contributed by atoms with E-state index in [1.54, 1.807) is 7.11 Å². The molecule has 1 aliphatic carbocycles. The molecule has 3 aliphatic rings. The predicted octanol–water partition coefficient (Wildman–Crippen LogP) is 5.59. The highest BCUT2D eigenvalue weighted by molar-refractivity contribution is 6.23. The average Bonchev–Trinajstić information content (AvgIpc) is 3.34. The number of nitrogens with one attached hydrogen (secondary N) is 1. The molecule has 5 atom stereocenters. The monoisotopic (exact) mass is 494 g/mol. The van der Waals surface area contributed by atoms with Crippen LogP contribution in [0, 0.1) is 17.3 Å². The largest absolute Gasteiger partial charge is 0.384 e. The average molecular weight is 495 g/mol. The molecule has 4 rings (SSSR count). The van der Waals surface area contributed by atoms with Crippen LogP contribution < -0.4 is 5.32 Å². The van der Waals surface area contributed by atoms with Crippen LogP contribution in [0.15, 0.2) is 30.3 Å². The van der Waals surface area contributed by atoms with Crippen LogP contribution >= 0.6 is 0 Å². The van der Waals surface area contributed by atoms with Crippen molar-refractivity contribution in [3.05, 3.63) is 41.5 Å². The van der Waals surface area contributed by atoms with Gasteiger partial charge in [-0.05, 0) is 55.6 Å². The molecule has 198 valence electrons. The first-order valence-corrected chi connectivity index (χ1v) is 14.1. The maximum absolute atomic E-state index is 13.5. The summed E-state index contributed by atoms with van der Waals surface area (Å²) in [6, 6.07) is 9.56. The normalized spacial score (nSPS) is 26.4. The number of rotatable bonds is 12. The van der Waals surface area contributed by atoms with Crippen LogP contribution in [0.1, 0.15) is 89.7 Å². The number of nitrogens with zero attached hydrogens (tertiary/aromatic N) is 1. The van der Waals surface area contributed by atoms with Gasteiger partial charge in [0.1, 0.15) is 0 Å². The van der Waals surface area contributed by atoms with Crippen LogP contribution in [0.3, 0.4) is 0 Å². The van der Waals surface area contributed by atoms with Crippen LogP contribution in [0.25, 0.3) is 5.57 Å². The van der Waals surface area contributed by atoms with Gasteiger partial charge in [-0.15, -0.1) is 0 Å². The lowest BCUT2D eigenvalue weighted by Gasteiger charge is -2.39. The third kappa shape index (κ3) is 6.11. The number of carbonyl (C=O) groups is 2. The molecule has 2 bridgehead atoms. The zero-order valence-corrected chi connectivity index (χ0v) is 23.0. The molecular weight excluding hydrogens is 448 g/mol. The number of piperidine rings is 1. The van der Waals surface area contributed by atoms with Crippen molar-refractivity contribution < 1.29 is 14.3 Å². The second kappa shape index (κ2) is 11.6. The van der Waals surface area contributed by atoms with Gasteiger partial charge in [-0.2, -0.15) is 0 Å². The summed E-state index contributed by atoms with van der Waals surface area (Å²) in [6.07, 6.45) is 9.55. The molecule has 1 N–H and O–H groups in total. The molecule has 5 nitrogen and oxygen atoms in total. The lowest BCUT2D eigenvalue weighted by molar-refractivity contribution is -0.122. The van der Waals surface area contributed by atoms with E-state index in [0.717, 1.165) is 43.4 Å². The summed E-state index contributed by atoms with van der Waals surface area (Å²) in [5.41, 5.74) is 3.36. The van der Waals surface area contributed by atoms with Crippen molar-refractivity contribution in [1.82, 2.24) is 10.2 Å². The van der Waals surface area contributed by atoms with Crippen molar-refractivity contribution >= 4 is 17.3 Å². The van der Waals surface area contributed by atoms with Gasteiger partial charge in [0.2, 0.25) is 5.91 Å². The third-order valence-corrected chi connectivity index (χ3v) is 8.74. The SMILES string of the molecule is CCC1C=C(C(=O)[C@@H](C)C[C@@H]2C[C@H]3CC[C@@H](C2)N3CCC(=O)NCC(C)(C)COC)c2ccccc21. The molecular formula is C31H46N2O3. The number of allylic oxidation sites excluding steroid dienone is 2. The summed E-state index contributed by atoms with van der Waals surface area (Å²) in [4.78, 5) is 28.6. The molecule has 2 heterocycles. The first-order chi connectivity index (χ1) is 17.2. The summed E-state index contributed by atoms with van der Waals surface area (Å²) in [5.74, 6) is 1.48. The fourth-order valence-corrected chi connectivity index (χ4v) is 6.91. The summed E-state index contributed by atoms with van der Waals surface area (Å²) in [7, 11) is 1.70. The minimum Gasteiger partial charge on any atom is -0.384 e. The highest BCUT2D eigenvalue weighted by atomic mass is 16.5. The number of ether oxygens (including phenoxy) is 1. The number of ketones is 1. The first kappa shape index (κ1) is 27.1. The standard InChI is InChI=1S/C31H46N2O3/c1-6-23-18-28(27-10-8-7-9-26(23)27)30(35)21(2)15-22-16-24-11-12-25(17-22)33(24)14-13-29(34)32-19-31(3,4)20-36-5/h7-10,18,21-25H,6,11-17,19-20H2,1-5H3,(H,32,34)/t21-,22-,23?,24-,25+/m0/s1. The Bertz CT molecular complexity index is 954. The van der Waals surface area contributed by atoms with E-state index in [-0.39, 0.29) is 17.2 Å². The van der Waals surface area contributed by atoms with E-state index in [1.165, 1.54) is 18.4 Å². The van der Waals surface area contributed by atoms with E-state index < -0.39 is 0 Å². The van der Waals surface area contributed by atoms with Crippen molar-refractivity contribution in [1.29, 1.82) is 0 Å². The Hall–Kier alpha value is -1.98. The number of fused-ring (bicyclic) bond motifs is 3. The molecule has 1 aromatic carbocycles. The van der Waals surface area contributed by atoms with Crippen LogP contribution in [0.2, 0.25) is 0 Å². The Labute approximate surface area is 218 Å². The molecule has 0 radical (unpaired) electrons. The Morgan fingerprint density at radius 1 is 1.17 bits per heavy atom. The lowest BCUT2D eigenvalue weighted by Crippen LogP contribution is -2.45. The maximum atomic E-state index is 13.5. The van der Waals surface area contributed by atoms with Crippen LogP contribution in [-0.2, 0) is 14.3 Å². The Balaban J connectivity index is 1.27. The van der Waals surface area contributed by atoms with Crippen LogP contribution in [0.4, 0.5) is 0 Å². The zero-order valence-electron chi connectivity index (χ0n) is 23.0. The molecule has 1 amide bonds. The van der Waals surface area contributed by atoms with Gasteiger partial charge in [-0.3, -0.25) is 14.5 Å². The molecule has 5 heteroatoms. The summed E-state index contributed by atoms with van der Waals surface area (Å²) in [5, 5.41) is 3.10. The van der Waals surface area contributed by atoms with Gasteiger partial charge in [0.25, 0.3) is 0 Å². The lowest BCUT2D eigenvalue weighted by atomic mass is 9.81. The van der Waals surface area contributed by atoms with Gasteiger partial charge in [0.05, 0.1) is 6.61 Å². The predicted molar refractivity (Wildman–Crippen MR) is 146 cm³/mol. The third-order valence-electron chi connectivity index (χ3n) is 8.74. The Morgan fingerprint density at radius 2 is 1.86 bits per heavy atom. The van der Waals surface area contributed by atoms with Gasteiger partial charge in [0, 0.05) is 61.5 Å². The number of amides is 1. The smallest absolute Gasteiger partial charge is 0.221 e. The van der Waals surface area contributed by atoms with E-state index in [4.69, 9.17) is 4.74 Å². The molecule has 2 saturated heterocycles. The minimum atomic E-state index is -0.0516. The van der Waals surface area contributed by atoms with Gasteiger partial charge in [-0.25, -0.2) is 0 Å². The van der Waals surface area contributed by atoms with Crippen molar-refractivity contribution in [2.45, 2.75) is 90.6 Å². The summed E-state index contributed by atoms with van der Waals surface area (Å²) < 4.78 is 5.25. The number of Topliss-reactive ketones (excluding diaryl/α,β-unsaturated/α-hetero) is 1. The fourth-order valence-electron chi connectivity index (χ4n) is 6.91. The second-order valence-electron chi connectivity index (χ2n) is 12.3. The van der Waals surface area contributed by atoms with Gasteiger partial charge in [-0.1, -0.05) is 58.0 Å². The van der Waals surface area contributed by atoms with Gasteiger partial charge in [0.15, 0.2) is 5.78 Å². The van der Waals surface area contributed by atoms with Crippen molar-refractivity contribution in [2.24, 2.45) is 17.3 Å². The molecule has 0 saturated carbocycles. The molecule has 2 aliphatic heterocycles. The van der Waals surface area contributed by atoms with E-state index >= 15 is 0 Å². The maximum Gasteiger partial charge on any atom is 0.221 e. The van der Waals surface area contributed by atoms with Crippen LogP contribution in [0.5, 0.6) is 0 Å². The highest BCUT2D eigenvalue weighted by Gasteiger charge is 2.41. The number of benzene rings is 1. The molecule has 0 aromatic heterocycles.